The molecule has 0 spiro atoms. The number of nitrogens with zero attached hydrogens (tertiary/aromatic N) is 6. The van der Waals surface area contributed by atoms with Gasteiger partial charge in [0.15, 0.2) is 0 Å². The lowest BCUT2D eigenvalue weighted by molar-refractivity contribution is 0.0755. The van der Waals surface area contributed by atoms with Gasteiger partial charge in [-0.05, 0) is 44.0 Å². The molecule has 1 aromatic carbocycles. The van der Waals surface area contributed by atoms with Crippen molar-refractivity contribution in [1.82, 2.24) is 29.8 Å². The molecule has 0 bridgehead atoms. The standard InChI is InChI=1S/C23H27N7O/c1-16-22(17(2)28(3)27-16)20-13-21(26-25-20)23(31)30-10-4-9-29(11-12-30)15-19-7-5-18(14-24)6-8-19/h5-8,13H,4,9-12,15H2,1-3H3,(H,25,26). The van der Waals surface area contributed by atoms with E-state index in [9.17, 15) is 4.79 Å². The summed E-state index contributed by atoms with van der Waals surface area (Å²) in [5, 5.41) is 20.7. The summed E-state index contributed by atoms with van der Waals surface area (Å²) >= 11 is 0. The van der Waals surface area contributed by atoms with Gasteiger partial charge in [0.05, 0.1) is 23.0 Å². The summed E-state index contributed by atoms with van der Waals surface area (Å²) in [6.45, 7) is 7.93. The third-order valence-electron chi connectivity index (χ3n) is 5.94. The van der Waals surface area contributed by atoms with Gasteiger partial charge in [-0.3, -0.25) is 19.5 Å². The molecule has 1 aliphatic rings. The van der Waals surface area contributed by atoms with Crippen molar-refractivity contribution in [3.05, 3.63) is 58.5 Å². The lowest BCUT2D eigenvalue weighted by atomic mass is 10.1. The fourth-order valence-electron chi connectivity index (χ4n) is 4.15. The van der Waals surface area contributed by atoms with Crippen LogP contribution < -0.4 is 0 Å². The molecule has 8 nitrogen and oxygen atoms in total. The monoisotopic (exact) mass is 417 g/mol. The predicted molar refractivity (Wildman–Crippen MR) is 117 cm³/mol. The van der Waals surface area contributed by atoms with E-state index in [1.807, 2.05) is 60.8 Å². The van der Waals surface area contributed by atoms with Crippen molar-refractivity contribution < 1.29 is 4.79 Å². The van der Waals surface area contributed by atoms with Crippen molar-refractivity contribution in [1.29, 1.82) is 5.26 Å². The van der Waals surface area contributed by atoms with Gasteiger partial charge in [0.1, 0.15) is 5.69 Å². The number of carbonyl (C=O) groups excluding carboxylic acids is 1. The molecule has 3 aromatic rings. The Morgan fingerprint density at radius 3 is 2.61 bits per heavy atom. The molecule has 4 rings (SSSR count). The summed E-state index contributed by atoms with van der Waals surface area (Å²) in [6.07, 6.45) is 0.920. The van der Waals surface area contributed by atoms with Gasteiger partial charge in [0.2, 0.25) is 0 Å². The Balaban J connectivity index is 1.41. The van der Waals surface area contributed by atoms with Gasteiger partial charge in [0, 0.05) is 51.0 Å². The second kappa shape index (κ2) is 8.74. The van der Waals surface area contributed by atoms with E-state index in [2.05, 4.69) is 26.3 Å². The van der Waals surface area contributed by atoms with Crippen LogP contribution in [-0.2, 0) is 13.6 Å². The van der Waals surface area contributed by atoms with Crippen LogP contribution in [0.15, 0.2) is 30.3 Å². The summed E-state index contributed by atoms with van der Waals surface area (Å²) in [5.74, 6) is -0.0156. The summed E-state index contributed by atoms with van der Waals surface area (Å²) in [7, 11) is 1.91. The maximum Gasteiger partial charge on any atom is 0.271 e. The number of nitrogens with one attached hydrogen (secondary N) is 1. The van der Waals surface area contributed by atoms with Gasteiger partial charge in [0.25, 0.3) is 5.91 Å². The van der Waals surface area contributed by atoms with Crippen LogP contribution in [0.2, 0.25) is 0 Å². The van der Waals surface area contributed by atoms with Gasteiger partial charge >= 0.3 is 0 Å². The van der Waals surface area contributed by atoms with Gasteiger partial charge in [-0.1, -0.05) is 12.1 Å². The molecule has 0 unspecified atom stereocenters. The molecule has 0 atom stereocenters. The normalized spacial score (nSPS) is 15.0. The minimum atomic E-state index is -0.0156. The fourth-order valence-corrected chi connectivity index (χ4v) is 4.15. The molecule has 0 radical (unpaired) electrons. The Kier molecular flexibility index (Phi) is 5.87. The van der Waals surface area contributed by atoms with Crippen LogP contribution >= 0.6 is 0 Å². The van der Waals surface area contributed by atoms with Crippen molar-refractivity contribution >= 4 is 5.91 Å². The number of amides is 1. The number of hydrogen-bond donors (Lipinski definition) is 1. The quantitative estimate of drug-likeness (QED) is 0.704. The van der Waals surface area contributed by atoms with Crippen molar-refractivity contribution in [3.8, 4) is 17.3 Å². The molecule has 1 amide bonds. The topological polar surface area (TPSA) is 93.8 Å². The maximum absolute atomic E-state index is 13.1. The third-order valence-corrected chi connectivity index (χ3v) is 5.94. The Labute approximate surface area is 182 Å². The molecule has 3 heterocycles. The van der Waals surface area contributed by atoms with Crippen LogP contribution in [0.25, 0.3) is 11.3 Å². The van der Waals surface area contributed by atoms with E-state index in [-0.39, 0.29) is 5.91 Å². The average molecular weight is 418 g/mol. The van der Waals surface area contributed by atoms with Crippen molar-refractivity contribution in [3.63, 3.8) is 0 Å². The number of aromatic nitrogens is 4. The smallest absolute Gasteiger partial charge is 0.271 e. The molecule has 8 heteroatoms. The number of carbonyl (C=O) groups is 1. The van der Waals surface area contributed by atoms with Crippen LogP contribution in [0.5, 0.6) is 0 Å². The third kappa shape index (κ3) is 4.37. The molecule has 1 saturated heterocycles. The largest absolute Gasteiger partial charge is 0.336 e. The first-order chi connectivity index (χ1) is 15.0. The minimum absolute atomic E-state index is 0.0156. The van der Waals surface area contributed by atoms with Crippen LogP contribution in [0.3, 0.4) is 0 Å². The van der Waals surface area contributed by atoms with Crippen LogP contribution in [0.4, 0.5) is 0 Å². The van der Waals surface area contributed by atoms with E-state index in [1.54, 1.807) is 0 Å². The number of hydrogen-bond acceptors (Lipinski definition) is 5. The van der Waals surface area contributed by atoms with Gasteiger partial charge in [-0.2, -0.15) is 15.5 Å². The highest BCUT2D eigenvalue weighted by molar-refractivity contribution is 5.93. The molecule has 2 aromatic heterocycles. The summed E-state index contributed by atoms with van der Waals surface area (Å²) in [4.78, 5) is 17.4. The number of benzene rings is 1. The highest BCUT2D eigenvalue weighted by atomic mass is 16.2. The molecule has 31 heavy (non-hydrogen) atoms. The predicted octanol–water partition coefficient (Wildman–Crippen LogP) is 2.65. The molecule has 1 aliphatic heterocycles. The zero-order valence-corrected chi connectivity index (χ0v) is 18.2. The minimum Gasteiger partial charge on any atom is -0.336 e. The van der Waals surface area contributed by atoms with Crippen molar-refractivity contribution in [2.45, 2.75) is 26.8 Å². The van der Waals surface area contributed by atoms with Crippen LogP contribution in [0.1, 0.15) is 39.4 Å². The summed E-state index contributed by atoms with van der Waals surface area (Å²) < 4.78 is 1.83. The number of H-pyrrole nitrogens is 1. The average Bonchev–Trinajstić information content (AvgIpc) is 3.25. The second-order valence-corrected chi connectivity index (χ2v) is 8.07. The number of rotatable bonds is 4. The molecular formula is C23H27N7O. The van der Waals surface area contributed by atoms with Crippen molar-refractivity contribution in [2.24, 2.45) is 7.05 Å². The number of aryl methyl sites for hydroxylation is 2. The van der Waals surface area contributed by atoms with E-state index in [0.29, 0.717) is 17.8 Å². The zero-order valence-electron chi connectivity index (χ0n) is 18.2. The molecule has 0 aliphatic carbocycles. The van der Waals surface area contributed by atoms with E-state index in [0.717, 1.165) is 55.2 Å². The molecular weight excluding hydrogens is 390 g/mol. The summed E-state index contributed by atoms with van der Waals surface area (Å²) in [5.41, 5.74) is 6.02. The highest BCUT2D eigenvalue weighted by Crippen LogP contribution is 2.25. The van der Waals surface area contributed by atoms with Gasteiger partial charge in [-0.25, -0.2) is 0 Å². The molecule has 1 fully saturated rings. The van der Waals surface area contributed by atoms with Gasteiger partial charge < -0.3 is 4.90 Å². The lowest BCUT2D eigenvalue weighted by Crippen LogP contribution is -2.35. The zero-order chi connectivity index (χ0) is 22.0. The number of nitriles is 1. The second-order valence-electron chi connectivity index (χ2n) is 8.07. The van der Waals surface area contributed by atoms with Crippen LogP contribution in [0, 0.1) is 25.2 Å². The molecule has 1 N–H and O–H groups in total. The molecule has 0 saturated carbocycles. The lowest BCUT2D eigenvalue weighted by Gasteiger charge is -2.21. The first-order valence-corrected chi connectivity index (χ1v) is 10.5. The highest BCUT2D eigenvalue weighted by Gasteiger charge is 2.23. The van der Waals surface area contributed by atoms with E-state index in [1.165, 1.54) is 5.56 Å². The Hall–Kier alpha value is -3.44. The summed E-state index contributed by atoms with van der Waals surface area (Å²) in [6, 6.07) is 11.7. The first kappa shape index (κ1) is 20.8. The Morgan fingerprint density at radius 2 is 1.94 bits per heavy atom. The van der Waals surface area contributed by atoms with E-state index in [4.69, 9.17) is 5.26 Å². The molecule has 160 valence electrons. The van der Waals surface area contributed by atoms with E-state index < -0.39 is 0 Å². The van der Waals surface area contributed by atoms with Crippen molar-refractivity contribution in [2.75, 3.05) is 26.2 Å². The Morgan fingerprint density at radius 1 is 1.16 bits per heavy atom. The fraction of sp³-hybridized carbons (Fsp3) is 0.391. The van der Waals surface area contributed by atoms with E-state index >= 15 is 0 Å². The SMILES string of the molecule is Cc1nn(C)c(C)c1-c1cc(C(=O)N2CCCN(Cc3ccc(C#N)cc3)CC2)[nH]n1. The number of aromatic amines is 1. The maximum atomic E-state index is 13.1. The van der Waals surface area contributed by atoms with Crippen LogP contribution in [-0.4, -0.2) is 61.9 Å². The Bertz CT molecular complexity index is 1120. The van der Waals surface area contributed by atoms with Gasteiger partial charge in [-0.15, -0.1) is 0 Å². The first-order valence-electron chi connectivity index (χ1n) is 10.5.